The summed E-state index contributed by atoms with van der Waals surface area (Å²) in [6.45, 7) is 0.759. The summed E-state index contributed by atoms with van der Waals surface area (Å²) in [5.74, 6) is -0.247. The van der Waals surface area contributed by atoms with Gasteiger partial charge in [-0.05, 0) is 35.7 Å². The van der Waals surface area contributed by atoms with Crippen LogP contribution in [-0.2, 0) is 16.6 Å². The standard InChI is InChI=1S/C21H20N2O4S/c24-20(18-8-7-16-5-1-2-6-17(16)13-18)15-22-14-19(9-10-21(22)25)28(26,27)23-11-3-4-12-23/h1-2,5-10,13-14H,3-4,11-12,15H2. The lowest BCUT2D eigenvalue weighted by atomic mass is 10.0. The summed E-state index contributed by atoms with van der Waals surface area (Å²) in [4.78, 5) is 25.0. The van der Waals surface area contributed by atoms with E-state index >= 15 is 0 Å². The molecule has 1 aliphatic heterocycles. The molecule has 0 radical (unpaired) electrons. The number of rotatable bonds is 5. The monoisotopic (exact) mass is 396 g/mol. The van der Waals surface area contributed by atoms with Crippen LogP contribution < -0.4 is 5.56 Å². The van der Waals surface area contributed by atoms with Crippen LogP contribution in [0.15, 0.2) is 70.5 Å². The second kappa shape index (κ2) is 7.33. The Balaban J connectivity index is 1.63. The first-order chi connectivity index (χ1) is 13.4. The molecular weight excluding hydrogens is 376 g/mol. The van der Waals surface area contributed by atoms with E-state index in [1.165, 1.54) is 27.2 Å². The van der Waals surface area contributed by atoms with E-state index in [2.05, 4.69) is 0 Å². The highest BCUT2D eigenvalue weighted by molar-refractivity contribution is 7.89. The zero-order valence-corrected chi connectivity index (χ0v) is 16.1. The molecule has 3 aromatic rings. The molecule has 144 valence electrons. The number of Topliss-reactive ketones (excluding diaryl/α,β-unsaturated/α-hetero) is 1. The van der Waals surface area contributed by atoms with E-state index in [1.54, 1.807) is 12.1 Å². The van der Waals surface area contributed by atoms with Gasteiger partial charge in [-0.3, -0.25) is 9.59 Å². The molecule has 0 amide bonds. The topological polar surface area (TPSA) is 76.5 Å². The molecule has 0 N–H and O–H groups in total. The molecular formula is C21H20N2O4S. The van der Waals surface area contributed by atoms with Gasteiger partial charge in [0, 0.05) is 30.9 Å². The van der Waals surface area contributed by atoms with E-state index < -0.39 is 15.6 Å². The second-order valence-electron chi connectivity index (χ2n) is 6.93. The van der Waals surface area contributed by atoms with Crippen LogP contribution in [0.1, 0.15) is 23.2 Å². The normalized spacial score (nSPS) is 15.1. The van der Waals surface area contributed by atoms with Crippen LogP contribution in [0.4, 0.5) is 0 Å². The Hall–Kier alpha value is -2.77. The van der Waals surface area contributed by atoms with Gasteiger partial charge in [-0.2, -0.15) is 4.31 Å². The van der Waals surface area contributed by atoms with Crippen LogP contribution in [0.5, 0.6) is 0 Å². The van der Waals surface area contributed by atoms with E-state index in [4.69, 9.17) is 0 Å². The molecule has 6 nitrogen and oxygen atoms in total. The predicted molar refractivity (Wildman–Crippen MR) is 107 cm³/mol. The molecule has 4 rings (SSSR count). The van der Waals surface area contributed by atoms with Crippen molar-refractivity contribution in [3.05, 3.63) is 76.7 Å². The van der Waals surface area contributed by atoms with E-state index in [0.29, 0.717) is 18.7 Å². The van der Waals surface area contributed by atoms with Gasteiger partial charge in [-0.15, -0.1) is 0 Å². The van der Waals surface area contributed by atoms with Crippen LogP contribution >= 0.6 is 0 Å². The predicted octanol–water partition coefficient (Wildman–Crippen LogP) is 2.67. The number of benzene rings is 2. The minimum Gasteiger partial charge on any atom is -0.306 e. The lowest BCUT2D eigenvalue weighted by molar-refractivity contribution is 0.0970. The molecule has 0 unspecified atom stereocenters. The molecule has 28 heavy (non-hydrogen) atoms. The third-order valence-electron chi connectivity index (χ3n) is 5.04. The summed E-state index contributed by atoms with van der Waals surface area (Å²) in [6.07, 6.45) is 2.94. The Morgan fingerprint density at radius 2 is 1.64 bits per heavy atom. The van der Waals surface area contributed by atoms with Crippen molar-refractivity contribution in [3.63, 3.8) is 0 Å². The highest BCUT2D eigenvalue weighted by Gasteiger charge is 2.27. The number of pyridine rings is 1. The Morgan fingerprint density at radius 3 is 2.39 bits per heavy atom. The van der Waals surface area contributed by atoms with Crippen molar-refractivity contribution in [2.24, 2.45) is 0 Å². The largest absolute Gasteiger partial charge is 0.306 e. The van der Waals surface area contributed by atoms with Crippen LogP contribution in [0.2, 0.25) is 0 Å². The Morgan fingerprint density at radius 1 is 0.929 bits per heavy atom. The van der Waals surface area contributed by atoms with E-state index in [0.717, 1.165) is 23.6 Å². The number of nitrogens with zero attached hydrogens (tertiary/aromatic N) is 2. The number of sulfonamides is 1. The van der Waals surface area contributed by atoms with Crippen molar-refractivity contribution in [1.29, 1.82) is 0 Å². The summed E-state index contributed by atoms with van der Waals surface area (Å²) in [5, 5.41) is 1.96. The number of hydrogen-bond donors (Lipinski definition) is 0. The van der Waals surface area contributed by atoms with E-state index in [-0.39, 0.29) is 17.2 Å². The van der Waals surface area contributed by atoms with Crippen LogP contribution in [0, 0.1) is 0 Å². The Bertz CT molecular complexity index is 1210. The van der Waals surface area contributed by atoms with Gasteiger partial charge in [-0.25, -0.2) is 8.42 Å². The number of carbonyl (C=O) groups is 1. The Labute approximate surface area is 163 Å². The fourth-order valence-corrected chi connectivity index (χ4v) is 5.01. The molecule has 0 spiro atoms. The fraction of sp³-hybridized carbons (Fsp3) is 0.238. The maximum atomic E-state index is 12.7. The summed E-state index contributed by atoms with van der Waals surface area (Å²) < 4.78 is 28.0. The average Bonchev–Trinajstić information content (AvgIpc) is 3.25. The molecule has 1 aromatic heterocycles. The van der Waals surface area contributed by atoms with E-state index in [1.807, 2.05) is 30.3 Å². The second-order valence-corrected chi connectivity index (χ2v) is 8.87. The number of hydrogen-bond acceptors (Lipinski definition) is 4. The molecule has 0 bridgehead atoms. The zero-order valence-electron chi connectivity index (χ0n) is 15.2. The third kappa shape index (κ3) is 3.50. The SMILES string of the molecule is O=C(Cn1cc(S(=O)(=O)N2CCCC2)ccc1=O)c1ccc2ccccc2c1. The molecule has 2 heterocycles. The van der Waals surface area contributed by atoms with Crippen LogP contribution in [-0.4, -0.2) is 36.2 Å². The minimum absolute atomic E-state index is 0.0420. The lowest BCUT2D eigenvalue weighted by Gasteiger charge is -2.16. The molecule has 1 aliphatic rings. The number of aromatic nitrogens is 1. The first-order valence-electron chi connectivity index (χ1n) is 9.18. The van der Waals surface area contributed by atoms with Crippen molar-refractivity contribution in [2.45, 2.75) is 24.3 Å². The number of ketones is 1. The van der Waals surface area contributed by atoms with E-state index in [9.17, 15) is 18.0 Å². The summed E-state index contributed by atoms with van der Waals surface area (Å²) in [6, 6.07) is 15.6. The highest BCUT2D eigenvalue weighted by atomic mass is 32.2. The van der Waals surface area contributed by atoms with Crippen molar-refractivity contribution in [1.82, 2.24) is 8.87 Å². The lowest BCUT2D eigenvalue weighted by Crippen LogP contribution is -2.30. The highest BCUT2D eigenvalue weighted by Crippen LogP contribution is 2.20. The van der Waals surface area contributed by atoms with Crippen molar-refractivity contribution in [3.8, 4) is 0 Å². The Kier molecular flexibility index (Phi) is 4.87. The molecule has 7 heteroatoms. The smallest absolute Gasteiger partial charge is 0.251 e. The van der Waals surface area contributed by atoms with Crippen LogP contribution in [0.25, 0.3) is 10.8 Å². The number of fused-ring (bicyclic) bond motifs is 1. The quantitative estimate of drug-likeness (QED) is 0.622. The molecule has 1 saturated heterocycles. The fourth-order valence-electron chi connectivity index (χ4n) is 3.47. The van der Waals surface area contributed by atoms with Gasteiger partial charge in [0.1, 0.15) is 0 Å². The zero-order chi connectivity index (χ0) is 19.7. The molecule has 0 aliphatic carbocycles. The first kappa shape index (κ1) is 18.6. The van der Waals surface area contributed by atoms with Gasteiger partial charge in [-0.1, -0.05) is 36.4 Å². The molecule has 2 aromatic carbocycles. The third-order valence-corrected chi connectivity index (χ3v) is 6.93. The summed E-state index contributed by atoms with van der Waals surface area (Å²) in [7, 11) is -3.64. The van der Waals surface area contributed by atoms with Crippen molar-refractivity contribution >= 4 is 26.6 Å². The molecule has 0 saturated carbocycles. The van der Waals surface area contributed by atoms with Gasteiger partial charge < -0.3 is 4.57 Å². The van der Waals surface area contributed by atoms with Crippen LogP contribution in [0.3, 0.4) is 0 Å². The van der Waals surface area contributed by atoms with Gasteiger partial charge >= 0.3 is 0 Å². The summed E-state index contributed by atoms with van der Waals surface area (Å²) in [5.41, 5.74) is 0.0768. The maximum absolute atomic E-state index is 12.7. The maximum Gasteiger partial charge on any atom is 0.251 e. The van der Waals surface area contributed by atoms with Gasteiger partial charge in [0.15, 0.2) is 5.78 Å². The van der Waals surface area contributed by atoms with Gasteiger partial charge in [0.2, 0.25) is 10.0 Å². The summed E-state index contributed by atoms with van der Waals surface area (Å²) >= 11 is 0. The van der Waals surface area contributed by atoms with Gasteiger partial charge in [0.05, 0.1) is 11.4 Å². The van der Waals surface area contributed by atoms with Gasteiger partial charge in [0.25, 0.3) is 5.56 Å². The van der Waals surface area contributed by atoms with Crippen molar-refractivity contribution < 1.29 is 13.2 Å². The van der Waals surface area contributed by atoms with Crippen molar-refractivity contribution in [2.75, 3.05) is 13.1 Å². The molecule has 0 atom stereocenters. The average molecular weight is 396 g/mol. The first-order valence-corrected chi connectivity index (χ1v) is 10.6. The minimum atomic E-state index is -3.64. The molecule has 1 fully saturated rings. The number of carbonyl (C=O) groups excluding carboxylic acids is 1.